The molecule has 0 aromatic carbocycles. The molecule has 6 nitrogen and oxygen atoms in total. The first-order valence-corrected chi connectivity index (χ1v) is 5.27. The summed E-state index contributed by atoms with van der Waals surface area (Å²) in [6.07, 6.45) is 1.13. The number of carbonyl (C=O) groups is 2. The fourth-order valence-electron chi connectivity index (χ4n) is 1.01. The number of amides is 1. The topological polar surface area (TPSA) is 84.9 Å². The van der Waals surface area contributed by atoms with E-state index < -0.39 is 18.1 Å². The highest BCUT2D eigenvalue weighted by atomic mass is 16.6. The van der Waals surface area contributed by atoms with E-state index in [1.165, 1.54) is 7.11 Å². The van der Waals surface area contributed by atoms with Gasteiger partial charge in [-0.2, -0.15) is 0 Å². The first-order chi connectivity index (χ1) is 7.65. The second kappa shape index (κ2) is 8.96. The van der Waals surface area contributed by atoms with Crippen LogP contribution in [-0.4, -0.2) is 43.5 Å². The molecule has 0 aliphatic heterocycles. The van der Waals surface area contributed by atoms with E-state index in [2.05, 4.69) is 10.1 Å². The van der Waals surface area contributed by atoms with Gasteiger partial charge in [0.2, 0.25) is 0 Å². The number of aliphatic hydroxyl groups excluding tert-OH is 1. The summed E-state index contributed by atoms with van der Waals surface area (Å²) in [4.78, 5) is 22.4. The Balaban J connectivity index is 3.97. The van der Waals surface area contributed by atoms with Crippen LogP contribution < -0.4 is 5.32 Å². The summed E-state index contributed by atoms with van der Waals surface area (Å²) >= 11 is 0. The number of aliphatic hydroxyl groups is 1. The van der Waals surface area contributed by atoms with Gasteiger partial charge in [-0.1, -0.05) is 13.3 Å². The lowest BCUT2D eigenvalue weighted by Gasteiger charge is -2.15. The third kappa shape index (κ3) is 6.23. The molecular formula is C10H19NO5. The van der Waals surface area contributed by atoms with Gasteiger partial charge in [-0.25, -0.2) is 9.59 Å². The zero-order valence-electron chi connectivity index (χ0n) is 9.69. The SMILES string of the molecule is CCCCOC(=O)N[C@@H](CCO)C(=O)OC. The van der Waals surface area contributed by atoms with Crippen LogP contribution in [0, 0.1) is 0 Å². The third-order valence-electron chi connectivity index (χ3n) is 1.93. The second-order valence-corrected chi connectivity index (χ2v) is 3.22. The maximum atomic E-state index is 11.2. The van der Waals surface area contributed by atoms with Gasteiger partial charge in [0.1, 0.15) is 6.04 Å². The molecule has 1 amide bonds. The fourth-order valence-corrected chi connectivity index (χ4v) is 1.01. The number of carbonyl (C=O) groups excluding carboxylic acids is 2. The molecule has 0 radical (unpaired) electrons. The standard InChI is InChI=1S/C10H19NO5/c1-3-4-7-16-10(14)11-8(5-6-12)9(13)15-2/h8,12H,3-7H2,1-2H3,(H,11,14)/t8-/m0/s1. The Morgan fingerprint density at radius 1 is 1.44 bits per heavy atom. The molecule has 0 spiro atoms. The largest absolute Gasteiger partial charge is 0.467 e. The van der Waals surface area contributed by atoms with Crippen molar-refractivity contribution in [1.82, 2.24) is 5.32 Å². The van der Waals surface area contributed by atoms with Crippen LogP contribution in [0.15, 0.2) is 0 Å². The number of alkyl carbamates (subject to hydrolysis) is 1. The average molecular weight is 233 g/mol. The Hall–Kier alpha value is -1.30. The zero-order valence-corrected chi connectivity index (χ0v) is 9.69. The van der Waals surface area contributed by atoms with Gasteiger partial charge in [-0.05, 0) is 6.42 Å². The van der Waals surface area contributed by atoms with Crippen LogP contribution in [0.2, 0.25) is 0 Å². The van der Waals surface area contributed by atoms with E-state index in [4.69, 9.17) is 9.84 Å². The van der Waals surface area contributed by atoms with Crippen molar-refractivity contribution < 1.29 is 24.2 Å². The predicted molar refractivity (Wildman–Crippen MR) is 56.9 cm³/mol. The van der Waals surface area contributed by atoms with Crippen molar-refractivity contribution in [2.75, 3.05) is 20.3 Å². The molecule has 0 rings (SSSR count). The van der Waals surface area contributed by atoms with Gasteiger partial charge in [0.25, 0.3) is 0 Å². The van der Waals surface area contributed by atoms with Crippen molar-refractivity contribution in [2.45, 2.75) is 32.2 Å². The summed E-state index contributed by atoms with van der Waals surface area (Å²) in [6, 6.07) is -0.857. The molecule has 2 N–H and O–H groups in total. The molecule has 0 aliphatic carbocycles. The van der Waals surface area contributed by atoms with E-state index >= 15 is 0 Å². The number of unbranched alkanes of at least 4 members (excludes halogenated alkanes) is 1. The van der Waals surface area contributed by atoms with Gasteiger partial charge < -0.3 is 19.9 Å². The van der Waals surface area contributed by atoms with E-state index in [0.29, 0.717) is 6.61 Å². The Morgan fingerprint density at radius 3 is 2.62 bits per heavy atom. The van der Waals surface area contributed by atoms with E-state index in [0.717, 1.165) is 12.8 Å². The zero-order chi connectivity index (χ0) is 12.4. The molecule has 0 aromatic rings. The summed E-state index contributed by atoms with van der Waals surface area (Å²) in [5.74, 6) is -0.596. The average Bonchev–Trinajstić information content (AvgIpc) is 2.28. The maximum absolute atomic E-state index is 11.2. The molecule has 0 bridgehead atoms. The Labute approximate surface area is 94.9 Å². The van der Waals surface area contributed by atoms with E-state index in [-0.39, 0.29) is 13.0 Å². The number of nitrogens with one attached hydrogen (secondary N) is 1. The summed E-state index contributed by atoms with van der Waals surface area (Å²) in [5.41, 5.74) is 0. The van der Waals surface area contributed by atoms with Crippen molar-refractivity contribution in [3.8, 4) is 0 Å². The van der Waals surface area contributed by atoms with Crippen molar-refractivity contribution in [2.24, 2.45) is 0 Å². The molecule has 0 aliphatic rings. The van der Waals surface area contributed by atoms with Crippen LogP contribution in [0.1, 0.15) is 26.2 Å². The highest BCUT2D eigenvalue weighted by Crippen LogP contribution is 1.96. The van der Waals surface area contributed by atoms with Gasteiger partial charge in [-0.15, -0.1) is 0 Å². The minimum absolute atomic E-state index is 0.107. The van der Waals surface area contributed by atoms with E-state index in [9.17, 15) is 9.59 Å². The summed E-state index contributed by atoms with van der Waals surface area (Å²) in [6.45, 7) is 2.08. The number of ether oxygens (including phenoxy) is 2. The lowest BCUT2D eigenvalue weighted by atomic mass is 10.2. The highest BCUT2D eigenvalue weighted by Gasteiger charge is 2.21. The molecule has 0 unspecified atom stereocenters. The second-order valence-electron chi connectivity index (χ2n) is 3.22. The molecule has 0 heterocycles. The number of hydrogen-bond acceptors (Lipinski definition) is 5. The number of methoxy groups -OCH3 is 1. The lowest BCUT2D eigenvalue weighted by molar-refractivity contribution is -0.143. The van der Waals surface area contributed by atoms with Gasteiger partial charge in [0, 0.05) is 13.0 Å². The Bertz CT molecular complexity index is 219. The Kier molecular flexibility index (Phi) is 8.24. The van der Waals surface area contributed by atoms with Crippen LogP contribution >= 0.6 is 0 Å². The van der Waals surface area contributed by atoms with Crippen LogP contribution in [-0.2, 0) is 14.3 Å². The quantitative estimate of drug-likeness (QED) is 0.492. The third-order valence-corrected chi connectivity index (χ3v) is 1.93. The first-order valence-electron chi connectivity index (χ1n) is 5.27. The van der Waals surface area contributed by atoms with Crippen LogP contribution in [0.5, 0.6) is 0 Å². The lowest BCUT2D eigenvalue weighted by Crippen LogP contribution is -2.42. The van der Waals surface area contributed by atoms with Gasteiger partial charge in [0.15, 0.2) is 0 Å². The molecule has 0 fully saturated rings. The molecule has 94 valence electrons. The molecule has 0 aromatic heterocycles. The van der Waals surface area contributed by atoms with E-state index in [1.807, 2.05) is 6.92 Å². The van der Waals surface area contributed by atoms with Crippen molar-refractivity contribution >= 4 is 12.1 Å². The molecule has 6 heteroatoms. The van der Waals surface area contributed by atoms with Crippen molar-refractivity contribution in [1.29, 1.82) is 0 Å². The minimum Gasteiger partial charge on any atom is -0.467 e. The summed E-state index contributed by atoms with van der Waals surface area (Å²) < 4.78 is 9.29. The summed E-state index contributed by atoms with van der Waals surface area (Å²) in [7, 11) is 1.22. The van der Waals surface area contributed by atoms with Crippen molar-refractivity contribution in [3.05, 3.63) is 0 Å². The molecule has 0 saturated carbocycles. The number of hydrogen-bond donors (Lipinski definition) is 2. The smallest absolute Gasteiger partial charge is 0.407 e. The molecule has 1 atom stereocenters. The van der Waals surface area contributed by atoms with Gasteiger partial charge in [0.05, 0.1) is 13.7 Å². The van der Waals surface area contributed by atoms with Crippen LogP contribution in [0.4, 0.5) is 4.79 Å². The molecule has 16 heavy (non-hydrogen) atoms. The van der Waals surface area contributed by atoms with Crippen molar-refractivity contribution in [3.63, 3.8) is 0 Å². The number of rotatable bonds is 7. The monoisotopic (exact) mass is 233 g/mol. The fraction of sp³-hybridized carbons (Fsp3) is 0.800. The molecular weight excluding hydrogens is 214 g/mol. The summed E-state index contributed by atoms with van der Waals surface area (Å²) in [5, 5.41) is 11.0. The van der Waals surface area contributed by atoms with Crippen LogP contribution in [0.25, 0.3) is 0 Å². The molecule has 0 saturated heterocycles. The van der Waals surface area contributed by atoms with Gasteiger partial charge in [-0.3, -0.25) is 0 Å². The minimum atomic E-state index is -0.857. The first kappa shape index (κ1) is 14.7. The van der Waals surface area contributed by atoms with Gasteiger partial charge >= 0.3 is 12.1 Å². The highest BCUT2D eigenvalue weighted by molar-refractivity contribution is 5.81. The van der Waals surface area contributed by atoms with Crippen LogP contribution in [0.3, 0.4) is 0 Å². The maximum Gasteiger partial charge on any atom is 0.407 e. The Morgan fingerprint density at radius 2 is 2.12 bits per heavy atom. The normalized spacial score (nSPS) is 11.7. The predicted octanol–water partition coefficient (Wildman–Crippen LogP) is 0.437. The van der Waals surface area contributed by atoms with E-state index in [1.54, 1.807) is 0 Å². The number of esters is 1.